The van der Waals surface area contributed by atoms with E-state index in [-0.39, 0.29) is 12.0 Å². The number of hydrogen-bond acceptors (Lipinski definition) is 3. The molecule has 6 nitrogen and oxygen atoms in total. The standard InChI is InChI=1S/C26H36N4O2/c1-20(2)32-19-23-11-9-22(10-12-23)16-28-26(27-3)29-17-24-15-25(31)30(18-24)14-13-21-7-5-4-6-8-21/h4-12,20,24H,13-19H2,1-3H3,(H2,27,28,29). The number of likely N-dealkylation sites (tertiary alicyclic amines) is 1. The van der Waals surface area contributed by atoms with Gasteiger partial charge in [0, 0.05) is 45.6 Å². The van der Waals surface area contributed by atoms with Crippen LogP contribution in [0.2, 0.25) is 0 Å². The Morgan fingerprint density at radius 1 is 1.06 bits per heavy atom. The fourth-order valence-electron chi connectivity index (χ4n) is 3.78. The Hall–Kier alpha value is -2.86. The second-order valence-corrected chi connectivity index (χ2v) is 8.63. The number of carbonyl (C=O) groups excluding carboxylic acids is 1. The molecule has 2 aromatic rings. The first-order valence-electron chi connectivity index (χ1n) is 11.5. The molecule has 0 saturated carbocycles. The number of guanidine groups is 1. The quantitative estimate of drug-likeness (QED) is 0.443. The lowest BCUT2D eigenvalue weighted by atomic mass is 10.1. The van der Waals surface area contributed by atoms with E-state index in [0.717, 1.165) is 32.0 Å². The van der Waals surface area contributed by atoms with Crippen LogP contribution in [-0.2, 0) is 29.1 Å². The highest BCUT2D eigenvalue weighted by atomic mass is 16.5. The first-order chi connectivity index (χ1) is 15.5. The van der Waals surface area contributed by atoms with Crippen LogP contribution in [0.15, 0.2) is 59.6 Å². The van der Waals surface area contributed by atoms with Gasteiger partial charge in [-0.15, -0.1) is 0 Å². The Kier molecular flexibility index (Phi) is 9.11. The van der Waals surface area contributed by atoms with Gasteiger partial charge in [0.25, 0.3) is 0 Å². The summed E-state index contributed by atoms with van der Waals surface area (Å²) in [5.74, 6) is 1.31. The highest BCUT2D eigenvalue weighted by Crippen LogP contribution is 2.17. The van der Waals surface area contributed by atoms with Crippen molar-refractivity contribution >= 4 is 11.9 Å². The van der Waals surface area contributed by atoms with Gasteiger partial charge in [0.2, 0.25) is 5.91 Å². The fraction of sp³-hybridized carbons (Fsp3) is 0.462. The Morgan fingerprint density at radius 3 is 2.47 bits per heavy atom. The van der Waals surface area contributed by atoms with Gasteiger partial charge in [0.05, 0.1) is 12.7 Å². The summed E-state index contributed by atoms with van der Waals surface area (Å²) in [4.78, 5) is 18.7. The van der Waals surface area contributed by atoms with Crippen molar-refractivity contribution in [2.24, 2.45) is 10.9 Å². The molecule has 0 bridgehead atoms. The highest BCUT2D eigenvalue weighted by molar-refractivity contribution is 5.80. The molecule has 1 amide bonds. The summed E-state index contributed by atoms with van der Waals surface area (Å²) in [6, 6.07) is 18.8. The zero-order chi connectivity index (χ0) is 22.8. The fourth-order valence-corrected chi connectivity index (χ4v) is 3.78. The normalized spacial score (nSPS) is 16.6. The number of benzene rings is 2. The molecule has 172 valence electrons. The molecule has 2 N–H and O–H groups in total. The number of hydrogen-bond donors (Lipinski definition) is 2. The van der Waals surface area contributed by atoms with Crippen molar-refractivity contribution in [3.8, 4) is 0 Å². The van der Waals surface area contributed by atoms with Gasteiger partial charge in [-0.3, -0.25) is 9.79 Å². The van der Waals surface area contributed by atoms with Gasteiger partial charge in [0.15, 0.2) is 5.96 Å². The predicted octanol–water partition coefficient (Wildman–Crippen LogP) is 3.37. The maximum Gasteiger partial charge on any atom is 0.223 e. The van der Waals surface area contributed by atoms with Gasteiger partial charge in [-0.25, -0.2) is 0 Å². The lowest BCUT2D eigenvalue weighted by molar-refractivity contribution is -0.127. The van der Waals surface area contributed by atoms with E-state index in [1.54, 1.807) is 7.05 Å². The molecular formula is C26H36N4O2. The minimum atomic E-state index is 0.233. The van der Waals surface area contributed by atoms with Gasteiger partial charge in [-0.2, -0.15) is 0 Å². The second kappa shape index (κ2) is 12.2. The summed E-state index contributed by atoms with van der Waals surface area (Å²) in [6.07, 6.45) is 1.73. The monoisotopic (exact) mass is 436 g/mol. The maximum atomic E-state index is 12.4. The molecule has 1 aliphatic heterocycles. The minimum Gasteiger partial charge on any atom is -0.374 e. The van der Waals surface area contributed by atoms with E-state index < -0.39 is 0 Å². The van der Waals surface area contributed by atoms with Crippen molar-refractivity contribution in [1.29, 1.82) is 0 Å². The summed E-state index contributed by atoms with van der Waals surface area (Å²) in [6.45, 7) is 7.73. The van der Waals surface area contributed by atoms with Crippen molar-refractivity contribution in [2.45, 2.75) is 45.9 Å². The van der Waals surface area contributed by atoms with E-state index in [2.05, 4.69) is 52.0 Å². The van der Waals surface area contributed by atoms with Gasteiger partial charge in [-0.1, -0.05) is 54.6 Å². The van der Waals surface area contributed by atoms with Crippen molar-refractivity contribution < 1.29 is 9.53 Å². The molecule has 1 saturated heterocycles. The summed E-state index contributed by atoms with van der Waals surface area (Å²) in [5, 5.41) is 6.74. The van der Waals surface area contributed by atoms with Gasteiger partial charge < -0.3 is 20.3 Å². The summed E-state index contributed by atoms with van der Waals surface area (Å²) in [5.41, 5.74) is 3.63. The molecule has 0 aromatic heterocycles. The molecule has 1 heterocycles. The molecule has 6 heteroatoms. The van der Waals surface area contributed by atoms with Crippen LogP contribution in [0.1, 0.15) is 37.0 Å². The summed E-state index contributed by atoms with van der Waals surface area (Å²) in [7, 11) is 1.77. The second-order valence-electron chi connectivity index (χ2n) is 8.63. The Balaban J connectivity index is 1.38. The predicted molar refractivity (Wildman–Crippen MR) is 129 cm³/mol. The minimum absolute atomic E-state index is 0.233. The number of rotatable bonds is 10. The molecule has 0 spiro atoms. The molecular weight excluding hydrogens is 400 g/mol. The molecule has 32 heavy (non-hydrogen) atoms. The largest absolute Gasteiger partial charge is 0.374 e. The third-order valence-corrected chi connectivity index (χ3v) is 5.66. The van der Waals surface area contributed by atoms with E-state index in [1.807, 2.05) is 36.9 Å². The molecule has 1 atom stereocenters. The van der Waals surface area contributed by atoms with Crippen LogP contribution >= 0.6 is 0 Å². The van der Waals surface area contributed by atoms with E-state index in [1.165, 1.54) is 16.7 Å². The van der Waals surface area contributed by atoms with Crippen LogP contribution in [0.5, 0.6) is 0 Å². The van der Waals surface area contributed by atoms with E-state index in [0.29, 0.717) is 25.5 Å². The van der Waals surface area contributed by atoms with Crippen LogP contribution < -0.4 is 10.6 Å². The van der Waals surface area contributed by atoms with Gasteiger partial charge >= 0.3 is 0 Å². The third-order valence-electron chi connectivity index (χ3n) is 5.66. The smallest absolute Gasteiger partial charge is 0.223 e. The van der Waals surface area contributed by atoms with Crippen LogP contribution in [0.4, 0.5) is 0 Å². The average Bonchev–Trinajstić information content (AvgIpc) is 3.17. The SMILES string of the molecule is CN=C(NCc1ccc(COC(C)C)cc1)NCC1CC(=O)N(CCc2ccccc2)C1. The molecule has 1 unspecified atom stereocenters. The van der Waals surface area contributed by atoms with Crippen molar-refractivity contribution in [1.82, 2.24) is 15.5 Å². The van der Waals surface area contributed by atoms with Gasteiger partial charge in [0.1, 0.15) is 0 Å². The van der Waals surface area contributed by atoms with Crippen LogP contribution in [-0.4, -0.2) is 49.6 Å². The molecule has 0 radical (unpaired) electrons. The molecule has 0 aliphatic carbocycles. The Morgan fingerprint density at radius 2 is 1.78 bits per heavy atom. The Labute approximate surface area is 192 Å². The average molecular weight is 437 g/mol. The zero-order valence-corrected chi connectivity index (χ0v) is 19.5. The van der Waals surface area contributed by atoms with Crippen molar-refractivity contribution in [2.75, 3.05) is 26.7 Å². The van der Waals surface area contributed by atoms with E-state index >= 15 is 0 Å². The van der Waals surface area contributed by atoms with Crippen molar-refractivity contribution in [3.05, 3.63) is 71.3 Å². The van der Waals surface area contributed by atoms with Crippen LogP contribution in [0.25, 0.3) is 0 Å². The molecule has 2 aromatic carbocycles. The van der Waals surface area contributed by atoms with Gasteiger partial charge in [-0.05, 0) is 37.0 Å². The number of amides is 1. The lowest BCUT2D eigenvalue weighted by Gasteiger charge is -2.18. The first kappa shape index (κ1) is 23.8. The molecule has 1 aliphatic rings. The first-order valence-corrected chi connectivity index (χ1v) is 11.5. The summed E-state index contributed by atoms with van der Waals surface area (Å²) < 4.78 is 5.64. The number of nitrogens with one attached hydrogen (secondary N) is 2. The maximum absolute atomic E-state index is 12.4. The third kappa shape index (κ3) is 7.68. The number of carbonyl (C=O) groups is 1. The van der Waals surface area contributed by atoms with E-state index in [4.69, 9.17) is 4.74 Å². The topological polar surface area (TPSA) is 66.0 Å². The summed E-state index contributed by atoms with van der Waals surface area (Å²) >= 11 is 0. The highest BCUT2D eigenvalue weighted by Gasteiger charge is 2.29. The van der Waals surface area contributed by atoms with Crippen LogP contribution in [0.3, 0.4) is 0 Å². The molecule has 1 fully saturated rings. The molecule has 3 rings (SSSR count). The van der Waals surface area contributed by atoms with Crippen molar-refractivity contribution in [3.63, 3.8) is 0 Å². The van der Waals surface area contributed by atoms with E-state index in [9.17, 15) is 4.79 Å². The Bertz CT molecular complexity index is 865. The lowest BCUT2D eigenvalue weighted by Crippen LogP contribution is -2.40. The van der Waals surface area contributed by atoms with Crippen LogP contribution in [0, 0.1) is 5.92 Å². The zero-order valence-electron chi connectivity index (χ0n) is 19.5. The number of aliphatic imine (C=N–C) groups is 1. The number of nitrogens with zero attached hydrogens (tertiary/aromatic N) is 2. The number of ether oxygens (including phenoxy) is 1.